The van der Waals surface area contributed by atoms with E-state index in [2.05, 4.69) is 29.9 Å². The molecule has 1 aromatic carbocycles. The normalized spacial score (nSPS) is 15.2. The van der Waals surface area contributed by atoms with Crippen molar-refractivity contribution in [2.45, 2.75) is 31.7 Å². The maximum Gasteiger partial charge on any atom is 0.251 e. The van der Waals surface area contributed by atoms with Gasteiger partial charge in [0, 0.05) is 30.4 Å². The van der Waals surface area contributed by atoms with Crippen LogP contribution in [0.3, 0.4) is 0 Å². The predicted octanol–water partition coefficient (Wildman–Crippen LogP) is 2.16. The zero-order chi connectivity index (χ0) is 13.0. The molecule has 1 aromatic rings. The molecule has 0 radical (unpaired) electrons. The number of hydrogen-bond donors (Lipinski definition) is 2. The highest BCUT2D eigenvalue weighted by atomic mass is 32.2. The molecule has 2 N–H and O–H groups in total. The Morgan fingerprint density at radius 1 is 1.44 bits per heavy atom. The Bertz CT molecular complexity index is 434. The molecule has 0 fully saturated rings. The highest BCUT2D eigenvalue weighted by Crippen LogP contribution is 2.17. The number of benzene rings is 1. The fourth-order valence-electron chi connectivity index (χ4n) is 2.04. The minimum atomic E-state index is 0.0398. The lowest BCUT2D eigenvalue weighted by Gasteiger charge is -2.09. The van der Waals surface area contributed by atoms with E-state index in [4.69, 9.17) is 0 Å². The monoisotopic (exact) mass is 264 g/mol. The molecule has 1 aliphatic heterocycles. The lowest BCUT2D eigenvalue weighted by atomic mass is 10.1. The molecule has 2 rings (SSSR count). The summed E-state index contributed by atoms with van der Waals surface area (Å²) in [4.78, 5) is 12.0. The molecule has 0 saturated carbocycles. The Hall–Kier alpha value is -1.00. The molecule has 1 aliphatic rings. The molecule has 1 unspecified atom stereocenters. The summed E-state index contributed by atoms with van der Waals surface area (Å²) in [7, 11) is 0. The quantitative estimate of drug-likeness (QED) is 0.856. The first-order valence-corrected chi connectivity index (χ1v) is 7.63. The smallest absolute Gasteiger partial charge is 0.251 e. The van der Waals surface area contributed by atoms with Crippen LogP contribution in [0.25, 0.3) is 0 Å². The zero-order valence-corrected chi connectivity index (χ0v) is 11.8. The molecule has 3 nitrogen and oxygen atoms in total. The first-order chi connectivity index (χ1) is 8.70. The third-order valence-electron chi connectivity index (χ3n) is 3.34. The van der Waals surface area contributed by atoms with Gasteiger partial charge in [-0.25, -0.2) is 0 Å². The van der Waals surface area contributed by atoms with E-state index in [1.54, 1.807) is 0 Å². The van der Waals surface area contributed by atoms with E-state index >= 15 is 0 Å². The van der Waals surface area contributed by atoms with Gasteiger partial charge in [0.15, 0.2) is 0 Å². The minimum absolute atomic E-state index is 0.0398. The molecule has 98 valence electrons. The Labute approximate surface area is 113 Å². The SMILES string of the molecule is CSC(C)CCNC(=O)c1ccc2c(c1)CNC2. The van der Waals surface area contributed by atoms with Gasteiger partial charge in [-0.2, -0.15) is 11.8 Å². The second-order valence-corrected chi connectivity index (χ2v) is 5.95. The standard InChI is InChI=1S/C14H20N2OS/c1-10(18-2)5-6-16-14(17)11-3-4-12-8-15-9-13(12)7-11/h3-4,7,10,15H,5-6,8-9H2,1-2H3,(H,16,17). The van der Waals surface area contributed by atoms with Crippen LogP contribution in [0.5, 0.6) is 0 Å². The number of nitrogens with one attached hydrogen (secondary N) is 2. The van der Waals surface area contributed by atoms with Crippen molar-refractivity contribution in [3.8, 4) is 0 Å². The van der Waals surface area contributed by atoms with Crippen molar-refractivity contribution >= 4 is 17.7 Å². The van der Waals surface area contributed by atoms with Gasteiger partial charge in [0.2, 0.25) is 0 Å². The first-order valence-electron chi connectivity index (χ1n) is 6.34. The Kier molecular flexibility index (Phi) is 4.66. The Morgan fingerprint density at radius 3 is 3.00 bits per heavy atom. The number of carbonyl (C=O) groups is 1. The summed E-state index contributed by atoms with van der Waals surface area (Å²) in [6.07, 6.45) is 3.11. The van der Waals surface area contributed by atoms with E-state index in [1.807, 2.05) is 23.9 Å². The summed E-state index contributed by atoms with van der Waals surface area (Å²) in [6, 6.07) is 5.97. The van der Waals surface area contributed by atoms with E-state index in [9.17, 15) is 4.79 Å². The summed E-state index contributed by atoms with van der Waals surface area (Å²) in [5.74, 6) is 0.0398. The highest BCUT2D eigenvalue weighted by Gasteiger charge is 2.13. The lowest BCUT2D eigenvalue weighted by Crippen LogP contribution is -2.26. The van der Waals surface area contributed by atoms with E-state index in [1.165, 1.54) is 11.1 Å². The van der Waals surface area contributed by atoms with Gasteiger partial charge in [-0.1, -0.05) is 13.0 Å². The number of rotatable bonds is 5. The van der Waals surface area contributed by atoms with Crippen LogP contribution >= 0.6 is 11.8 Å². The Morgan fingerprint density at radius 2 is 2.22 bits per heavy atom. The molecular formula is C14H20N2OS. The fourth-order valence-corrected chi connectivity index (χ4v) is 2.40. The van der Waals surface area contributed by atoms with Crippen molar-refractivity contribution in [1.82, 2.24) is 10.6 Å². The zero-order valence-electron chi connectivity index (χ0n) is 11.0. The average molecular weight is 264 g/mol. The number of hydrogen-bond acceptors (Lipinski definition) is 3. The van der Waals surface area contributed by atoms with Crippen LogP contribution in [0, 0.1) is 0 Å². The van der Waals surface area contributed by atoms with Gasteiger partial charge in [0.25, 0.3) is 5.91 Å². The van der Waals surface area contributed by atoms with Crippen molar-refractivity contribution in [3.05, 3.63) is 34.9 Å². The van der Waals surface area contributed by atoms with E-state index < -0.39 is 0 Å². The molecule has 4 heteroatoms. The third-order valence-corrected chi connectivity index (χ3v) is 4.38. The maximum atomic E-state index is 12.0. The van der Waals surface area contributed by atoms with Crippen molar-refractivity contribution < 1.29 is 4.79 Å². The van der Waals surface area contributed by atoms with Gasteiger partial charge >= 0.3 is 0 Å². The maximum absolute atomic E-state index is 12.0. The molecule has 0 saturated heterocycles. The second-order valence-electron chi connectivity index (χ2n) is 4.68. The van der Waals surface area contributed by atoms with Gasteiger partial charge in [-0.15, -0.1) is 0 Å². The van der Waals surface area contributed by atoms with Crippen LogP contribution in [0.15, 0.2) is 18.2 Å². The van der Waals surface area contributed by atoms with Crippen LogP contribution in [-0.4, -0.2) is 24.0 Å². The first kappa shape index (κ1) is 13.4. The number of thioether (sulfide) groups is 1. The van der Waals surface area contributed by atoms with Crippen LogP contribution in [0.1, 0.15) is 34.8 Å². The molecule has 1 atom stereocenters. The van der Waals surface area contributed by atoms with Crippen LogP contribution in [0.4, 0.5) is 0 Å². The van der Waals surface area contributed by atoms with Crippen LogP contribution in [0.2, 0.25) is 0 Å². The number of fused-ring (bicyclic) bond motifs is 1. The van der Waals surface area contributed by atoms with Crippen LogP contribution in [-0.2, 0) is 13.1 Å². The van der Waals surface area contributed by atoms with Crippen LogP contribution < -0.4 is 10.6 Å². The molecule has 0 bridgehead atoms. The average Bonchev–Trinajstić information content (AvgIpc) is 2.85. The molecule has 0 aliphatic carbocycles. The fraction of sp³-hybridized carbons (Fsp3) is 0.500. The van der Waals surface area contributed by atoms with Crippen molar-refractivity contribution in [2.75, 3.05) is 12.8 Å². The summed E-state index contributed by atoms with van der Waals surface area (Å²) in [6.45, 7) is 4.72. The van der Waals surface area contributed by atoms with Gasteiger partial charge in [0.1, 0.15) is 0 Å². The summed E-state index contributed by atoms with van der Waals surface area (Å²) in [5, 5.41) is 6.86. The van der Waals surface area contributed by atoms with E-state index in [0.717, 1.165) is 31.6 Å². The third kappa shape index (κ3) is 3.27. The van der Waals surface area contributed by atoms with E-state index in [0.29, 0.717) is 5.25 Å². The summed E-state index contributed by atoms with van der Waals surface area (Å²) >= 11 is 1.83. The minimum Gasteiger partial charge on any atom is -0.352 e. The summed E-state index contributed by atoms with van der Waals surface area (Å²) in [5.41, 5.74) is 3.33. The van der Waals surface area contributed by atoms with Crippen molar-refractivity contribution in [2.24, 2.45) is 0 Å². The molecule has 0 aromatic heterocycles. The number of amides is 1. The largest absolute Gasteiger partial charge is 0.352 e. The molecule has 0 spiro atoms. The second kappa shape index (κ2) is 6.25. The van der Waals surface area contributed by atoms with Crippen molar-refractivity contribution in [3.63, 3.8) is 0 Å². The highest BCUT2D eigenvalue weighted by molar-refractivity contribution is 7.99. The lowest BCUT2D eigenvalue weighted by molar-refractivity contribution is 0.0953. The van der Waals surface area contributed by atoms with Gasteiger partial charge in [0.05, 0.1) is 0 Å². The van der Waals surface area contributed by atoms with Crippen molar-refractivity contribution in [1.29, 1.82) is 0 Å². The predicted molar refractivity (Wildman–Crippen MR) is 76.9 cm³/mol. The Balaban J connectivity index is 1.89. The van der Waals surface area contributed by atoms with Gasteiger partial charge < -0.3 is 10.6 Å². The molecule has 18 heavy (non-hydrogen) atoms. The molecule has 1 amide bonds. The van der Waals surface area contributed by atoms with Gasteiger partial charge in [-0.3, -0.25) is 4.79 Å². The van der Waals surface area contributed by atoms with Gasteiger partial charge in [-0.05, 0) is 35.9 Å². The summed E-state index contributed by atoms with van der Waals surface area (Å²) < 4.78 is 0. The van der Waals surface area contributed by atoms with E-state index in [-0.39, 0.29) is 5.91 Å². The molecule has 1 heterocycles. The number of carbonyl (C=O) groups excluding carboxylic acids is 1. The molecular weight excluding hydrogens is 244 g/mol. The topological polar surface area (TPSA) is 41.1 Å².